The smallest absolute Gasteiger partial charge is 0.327 e. The van der Waals surface area contributed by atoms with Gasteiger partial charge in [-0.2, -0.15) is 4.57 Å². The first kappa shape index (κ1) is 50.8. The zero-order valence-electron chi connectivity index (χ0n) is 35.8. The van der Waals surface area contributed by atoms with E-state index in [4.69, 9.17) is 4.74 Å². The number of nitrogens with one attached hydrogen (secondary N) is 6. The van der Waals surface area contributed by atoms with Gasteiger partial charge in [0.05, 0.1) is 29.4 Å². The third kappa shape index (κ3) is 13.1. The first-order valence-corrected chi connectivity index (χ1v) is 22.0. The fourth-order valence-electron chi connectivity index (χ4n) is 7.37. The molecule has 6 N–H and O–H groups in total. The quantitative estimate of drug-likeness (QED) is 0.0429. The second-order valence-corrected chi connectivity index (χ2v) is 16.8. The largest absolute Gasteiger partial charge is 1.00 e. The average Bonchev–Trinajstić information content (AvgIpc) is 3.51. The number of nitrogens with zero attached hydrogens (tertiary/aromatic N) is 4. The van der Waals surface area contributed by atoms with Crippen LogP contribution in [0.5, 0.6) is 0 Å². The van der Waals surface area contributed by atoms with Gasteiger partial charge in [0.1, 0.15) is 18.8 Å². The highest BCUT2D eigenvalue weighted by Crippen LogP contribution is 2.29. The number of aryl methyl sites for hydroxylation is 2. The van der Waals surface area contributed by atoms with Gasteiger partial charge in [-0.05, 0) is 106 Å². The third-order valence-corrected chi connectivity index (χ3v) is 12.2. The van der Waals surface area contributed by atoms with Gasteiger partial charge in [-0.3, -0.25) is 49.4 Å². The number of pyridine rings is 2. The van der Waals surface area contributed by atoms with Crippen LogP contribution in [-0.4, -0.2) is 105 Å². The number of hydrogen-bond acceptors (Lipinski definition) is 11. The predicted octanol–water partition coefficient (Wildman–Crippen LogP) is 0.0557. The van der Waals surface area contributed by atoms with E-state index >= 15 is 0 Å². The van der Waals surface area contributed by atoms with Gasteiger partial charge in [0, 0.05) is 56.0 Å². The molecule has 64 heavy (non-hydrogen) atoms. The van der Waals surface area contributed by atoms with E-state index in [1.54, 1.807) is 68.5 Å². The van der Waals surface area contributed by atoms with Gasteiger partial charge in [0.2, 0.25) is 0 Å². The van der Waals surface area contributed by atoms with Crippen LogP contribution in [0, 0.1) is 13.8 Å². The number of carbonyl (C=O) groups excluding carboxylic acids is 5. The standard InChI is InChI=1S/C43H52N10O8S.2ClH/c1-29-13-18-35(62(59,60)50-33-16-14-32(15-17-33)48-49-42(57)41(56)45-20-9-22-52-24-26-61-27-25-52)30(2)37(29)47-40(55)38-34(11-8-21-51(38)3)43(58)53-23-6-4-5-12-36(53)46-39(54)31-10-7-19-44-28-31;;/h7-8,10-11,13-19,21,28,36,47H,4-6,9,12,20,22-27H2,1-3H3,(H4,45,46,49,50,54,55,56,57);2*1H. The number of amides is 5. The zero-order chi connectivity index (χ0) is 44.2. The Hall–Kier alpha value is -5.86. The van der Waals surface area contributed by atoms with E-state index in [1.165, 1.54) is 41.1 Å². The first-order chi connectivity index (χ1) is 29.8. The number of aromatic nitrogens is 2. The molecule has 1 atom stereocenters. The molecular weight excluding hydrogens is 888 g/mol. The van der Waals surface area contributed by atoms with Crippen LogP contribution in [0.3, 0.4) is 0 Å². The van der Waals surface area contributed by atoms with Crippen molar-refractivity contribution in [2.24, 2.45) is 7.05 Å². The molecule has 5 amide bonds. The Labute approximate surface area is 385 Å². The van der Waals surface area contributed by atoms with Gasteiger partial charge < -0.3 is 38.0 Å². The van der Waals surface area contributed by atoms with Crippen LogP contribution in [0.15, 0.2) is 84.1 Å². The summed E-state index contributed by atoms with van der Waals surface area (Å²) in [5.41, 5.74) is 7.24. The summed E-state index contributed by atoms with van der Waals surface area (Å²) < 4.78 is 37.0. The monoisotopic (exact) mass is 940 g/mol. The molecule has 2 aliphatic rings. The molecule has 0 bridgehead atoms. The van der Waals surface area contributed by atoms with Gasteiger partial charge in [-0.25, -0.2) is 8.42 Å². The number of likely N-dealkylation sites (tertiary alicyclic amines) is 1. The number of sulfonamides is 1. The van der Waals surface area contributed by atoms with E-state index in [0.29, 0.717) is 56.0 Å². The van der Waals surface area contributed by atoms with Crippen molar-refractivity contribution >= 4 is 69.0 Å². The van der Waals surface area contributed by atoms with Crippen molar-refractivity contribution in [1.29, 1.82) is 0 Å². The minimum absolute atomic E-state index is 0. The molecule has 6 rings (SSSR count). The van der Waals surface area contributed by atoms with Gasteiger partial charge in [-0.1, -0.05) is 12.5 Å². The summed E-state index contributed by atoms with van der Waals surface area (Å²) in [6.07, 6.45) is 7.65. The van der Waals surface area contributed by atoms with Gasteiger partial charge in [-0.15, -0.1) is 12.4 Å². The molecule has 18 nitrogen and oxygen atoms in total. The summed E-state index contributed by atoms with van der Waals surface area (Å²) in [5, 5.41) is 8.46. The Balaban J connectivity index is 0.00000449. The van der Waals surface area contributed by atoms with E-state index in [0.717, 1.165) is 38.9 Å². The Bertz CT molecular complexity index is 2390. The number of benzene rings is 2. The molecule has 4 aromatic rings. The van der Waals surface area contributed by atoms with Crippen LogP contribution in [0.2, 0.25) is 0 Å². The van der Waals surface area contributed by atoms with Crippen molar-refractivity contribution in [2.45, 2.75) is 57.0 Å². The lowest BCUT2D eigenvalue weighted by atomic mass is 10.1. The van der Waals surface area contributed by atoms with Gasteiger partial charge in [0.25, 0.3) is 27.5 Å². The molecule has 0 radical (unpaired) electrons. The SMILES string of the molecule is Cc1ccc(S(=O)(=O)Nc2ccc(NNC(=O)C(=O)NCCCN3CCOCC3)cc2)c(C)c1NC(=O)c1c(C(=O)N2CCCCCC2NC(=O)c2cccnc2)ccc[n+]1C.Cl.[Cl-]. The summed E-state index contributed by atoms with van der Waals surface area (Å²) >= 11 is 0. The minimum atomic E-state index is -4.19. The molecule has 0 saturated carbocycles. The summed E-state index contributed by atoms with van der Waals surface area (Å²) in [6.45, 7) is 7.86. The Morgan fingerprint density at radius 2 is 1.61 bits per heavy atom. The maximum absolute atomic E-state index is 14.3. The van der Waals surface area contributed by atoms with E-state index in [-0.39, 0.29) is 63.8 Å². The van der Waals surface area contributed by atoms with Gasteiger partial charge >= 0.3 is 17.7 Å². The molecule has 0 spiro atoms. The fraction of sp³-hybridized carbons (Fsp3) is 0.372. The second kappa shape index (κ2) is 23.7. The molecule has 2 saturated heterocycles. The van der Waals surface area contributed by atoms with Crippen molar-refractivity contribution in [3.05, 3.63) is 107 Å². The summed E-state index contributed by atoms with van der Waals surface area (Å²) in [6, 6.07) is 15.6. The summed E-state index contributed by atoms with van der Waals surface area (Å²) in [4.78, 5) is 74.0. The lowest BCUT2D eigenvalue weighted by Crippen LogP contribution is -3.00. The highest BCUT2D eigenvalue weighted by Gasteiger charge is 2.34. The number of anilines is 3. The van der Waals surface area contributed by atoms with Gasteiger partial charge in [0.15, 0.2) is 6.20 Å². The molecule has 344 valence electrons. The number of rotatable bonds is 14. The number of hydrazine groups is 1. The number of carbonyl (C=O) groups is 5. The van der Waals surface area contributed by atoms with E-state index < -0.39 is 39.8 Å². The molecule has 2 aliphatic heterocycles. The maximum Gasteiger partial charge on any atom is 0.327 e. The normalized spacial score (nSPS) is 15.2. The fourth-order valence-corrected chi connectivity index (χ4v) is 8.67. The lowest BCUT2D eigenvalue weighted by molar-refractivity contribution is -0.673. The van der Waals surface area contributed by atoms with Crippen molar-refractivity contribution in [2.75, 3.05) is 61.4 Å². The van der Waals surface area contributed by atoms with Crippen LogP contribution in [0.25, 0.3) is 0 Å². The minimum Gasteiger partial charge on any atom is -1.00 e. The van der Waals surface area contributed by atoms with Crippen molar-refractivity contribution in [3.63, 3.8) is 0 Å². The first-order valence-electron chi connectivity index (χ1n) is 20.5. The molecular formula is C43H54Cl2N10O8S. The highest BCUT2D eigenvalue weighted by molar-refractivity contribution is 7.92. The molecule has 4 heterocycles. The highest BCUT2D eigenvalue weighted by atomic mass is 35.5. The summed E-state index contributed by atoms with van der Waals surface area (Å²) in [7, 11) is -2.55. The molecule has 2 aromatic heterocycles. The van der Waals surface area contributed by atoms with Crippen LogP contribution in [-0.2, 0) is 31.4 Å². The van der Waals surface area contributed by atoms with E-state index in [1.807, 2.05) is 0 Å². The van der Waals surface area contributed by atoms with Crippen LogP contribution in [0.4, 0.5) is 17.1 Å². The van der Waals surface area contributed by atoms with E-state index in [2.05, 4.69) is 41.4 Å². The third-order valence-electron chi connectivity index (χ3n) is 10.7. The zero-order valence-corrected chi connectivity index (χ0v) is 38.2. The topological polar surface area (TPSA) is 224 Å². The Morgan fingerprint density at radius 3 is 2.33 bits per heavy atom. The van der Waals surface area contributed by atoms with Crippen molar-refractivity contribution in [3.8, 4) is 0 Å². The number of halogens is 2. The summed E-state index contributed by atoms with van der Waals surface area (Å²) in [5.74, 6) is -3.09. The van der Waals surface area contributed by atoms with Crippen molar-refractivity contribution < 1.29 is 54.1 Å². The number of ether oxygens (including phenoxy) is 1. The molecule has 1 unspecified atom stereocenters. The molecule has 2 aromatic carbocycles. The van der Waals surface area contributed by atoms with Crippen molar-refractivity contribution in [1.82, 2.24) is 30.8 Å². The lowest BCUT2D eigenvalue weighted by Gasteiger charge is -2.30. The second-order valence-electron chi connectivity index (χ2n) is 15.1. The average molecular weight is 942 g/mol. The van der Waals surface area contributed by atoms with Crippen LogP contribution < -0.4 is 48.5 Å². The molecule has 0 aliphatic carbocycles. The predicted molar refractivity (Wildman–Crippen MR) is 238 cm³/mol. The Kier molecular flexibility index (Phi) is 18.8. The molecule has 2 fully saturated rings. The van der Waals surface area contributed by atoms with Crippen LogP contribution >= 0.6 is 12.4 Å². The number of hydrogen-bond donors (Lipinski definition) is 6. The Morgan fingerprint density at radius 1 is 0.875 bits per heavy atom. The maximum atomic E-state index is 14.3. The van der Waals surface area contributed by atoms with Crippen LogP contribution in [0.1, 0.15) is 74.4 Å². The number of morpholine rings is 1. The molecule has 21 heteroatoms. The van der Waals surface area contributed by atoms with E-state index in [9.17, 15) is 32.4 Å².